The van der Waals surface area contributed by atoms with Gasteiger partial charge in [-0.15, -0.1) is 0 Å². The molecule has 268 valence electrons. The van der Waals surface area contributed by atoms with Gasteiger partial charge in [0.05, 0.1) is 25.4 Å². The number of amides is 1. The summed E-state index contributed by atoms with van der Waals surface area (Å²) in [6.07, 6.45) is 19.6. The first kappa shape index (κ1) is 42.2. The summed E-state index contributed by atoms with van der Waals surface area (Å²) < 4.78 is 11.2. The van der Waals surface area contributed by atoms with Gasteiger partial charge in [0.1, 0.15) is 24.4 Å². The lowest BCUT2D eigenvalue weighted by atomic mass is 9.99. The number of aliphatic hydroxyl groups excluding tert-OH is 5. The average Bonchev–Trinajstić information content (AvgIpc) is 3.04. The van der Waals surface area contributed by atoms with E-state index in [1.165, 1.54) is 103 Å². The molecule has 1 amide bonds. The fourth-order valence-electron chi connectivity index (χ4n) is 6.10. The number of hydrogen-bond donors (Lipinski definition) is 6. The van der Waals surface area contributed by atoms with Gasteiger partial charge in [-0.2, -0.15) is 0 Å². The van der Waals surface area contributed by atoms with Crippen molar-refractivity contribution in [2.45, 2.75) is 211 Å². The highest BCUT2D eigenvalue weighted by atomic mass is 16.7. The minimum Gasteiger partial charge on any atom is -0.394 e. The van der Waals surface area contributed by atoms with Gasteiger partial charge in [-0.3, -0.25) is 4.79 Å². The maximum atomic E-state index is 12.8. The van der Waals surface area contributed by atoms with E-state index in [1.807, 2.05) is 0 Å². The molecule has 6 N–H and O–H groups in total. The minimum atomic E-state index is -1.55. The molecule has 7 atom stereocenters. The average molecular weight is 646 g/mol. The Morgan fingerprint density at radius 2 is 1.11 bits per heavy atom. The lowest BCUT2D eigenvalue weighted by Crippen LogP contribution is -2.60. The second-order valence-corrected chi connectivity index (χ2v) is 13.4. The Morgan fingerprint density at radius 1 is 0.667 bits per heavy atom. The first-order valence-electron chi connectivity index (χ1n) is 18.7. The first-order chi connectivity index (χ1) is 21.8. The van der Waals surface area contributed by atoms with Crippen molar-refractivity contribution >= 4 is 5.91 Å². The molecule has 0 spiro atoms. The molecule has 0 bridgehead atoms. The smallest absolute Gasteiger partial charge is 0.220 e. The quantitative estimate of drug-likeness (QED) is 0.0517. The van der Waals surface area contributed by atoms with E-state index in [0.29, 0.717) is 12.8 Å². The lowest BCUT2D eigenvalue weighted by molar-refractivity contribution is -0.302. The van der Waals surface area contributed by atoms with Gasteiger partial charge in [0.2, 0.25) is 5.91 Å². The van der Waals surface area contributed by atoms with Crippen molar-refractivity contribution in [3.05, 3.63) is 0 Å². The molecule has 9 heteroatoms. The van der Waals surface area contributed by atoms with Gasteiger partial charge in [0.25, 0.3) is 0 Å². The third kappa shape index (κ3) is 20.2. The summed E-state index contributed by atoms with van der Waals surface area (Å²) in [7, 11) is 0. The van der Waals surface area contributed by atoms with Crippen molar-refractivity contribution in [2.75, 3.05) is 13.2 Å². The maximum Gasteiger partial charge on any atom is 0.220 e. The second-order valence-electron chi connectivity index (χ2n) is 13.4. The van der Waals surface area contributed by atoms with Crippen LogP contribution in [0.2, 0.25) is 0 Å². The number of aliphatic hydroxyl groups is 5. The zero-order chi connectivity index (χ0) is 33.1. The highest BCUT2D eigenvalue weighted by Crippen LogP contribution is 2.23. The van der Waals surface area contributed by atoms with Gasteiger partial charge in [0.15, 0.2) is 6.29 Å². The molecule has 0 unspecified atom stereocenters. The summed E-state index contributed by atoms with van der Waals surface area (Å²) in [5.74, 6) is -0.147. The molecule has 0 aliphatic carbocycles. The van der Waals surface area contributed by atoms with Crippen LogP contribution in [0, 0.1) is 0 Å². The molecule has 45 heavy (non-hydrogen) atoms. The summed E-state index contributed by atoms with van der Waals surface area (Å²) in [6, 6.07) is -0.708. The SMILES string of the molecule is CCCCCCCCCCCCCC(=O)N[C@H](CO[C@H]1O[C@H](CO)[C@H](O)[C@H](O)[C@H]1O)[C@H](O)CCCCCCCCCCCCC. The topological polar surface area (TPSA) is 149 Å². The van der Waals surface area contributed by atoms with Gasteiger partial charge in [0, 0.05) is 6.42 Å². The Labute approximate surface area is 274 Å². The first-order valence-corrected chi connectivity index (χ1v) is 18.7. The number of carbonyl (C=O) groups excluding carboxylic acids is 1. The van der Waals surface area contributed by atoms with Crippen LogP contribution < -0.4 is 5.32 Å². The Kier molecular flexibility index (Phi) is 26.5. The van der Waals surface area contributed by atoms with E-state index < -0.39 is 49.5 Å². The fourth-order valence-corrected chi connectivity index (χ4v) is 6.10. The van der Waals surface area contributed by atoms with Gasteiger partial charge < -0.3 is 40.3 Å². The predicted molar refractivity (Wildman–Crippen MR) is 180 cm³/mol. The van der Waals surface area contributed by atoms with Crippen LogP contribution >= 0.6 is 0 Å². The Bertz CT molecular complexity index is 681. The molecular formula is C36H71NO8. The second kappa shape index (κ2) is 28.2. The maximum absolute atomic E-state index is 12.8. The van der Waals surface area contributed by atoms with Gasteiger partial charge in [-0.25, -0.2) is 0 Å². The van der Waals surface area contributed by atoms with E-state index in [9.17, 15) is 30.3 Å². The number of hydrogen-bond acceptors (Lipinski definition) is 8. The van der Waals surface area contributed by atoms with Crippen LogP contribution in [-0.4, -0.2) is 87.5 Å². The number of rotatable bonds is 30. The minimum absolute atomic E-state index is 0.133. The molecule has 1 aliphatic rings. The monoisotopic (exact) mass is 646 g/mol. The van der Waals surface area contributed by atoms with Gasteiger partial charge in [-0.05, 0) is 12.8 Å². The van der Waals surface area contributed by atoms with Gasteiger partial charge >= 0.3 is 0 Å². The summed E-state index contributed by atoms with van der Waals surface area (Å²) in [5.41, 5.74) is 0. The molecule has 9 nitrogen and oxygen atoms in total. The number of unbranched alkanes of at least 4 members (excludes halogenated alkanes) is 20. The summed E-state index contributed by atoms with van der Waals surface area (Å²) >= 11 is 0. The number of carbonyl (C=O) groups is 1. The zero-order valence-corrected chi connectivity index (χ0v) is 28.9. The van der Waals surface area contributed by atoms with Crippen LogP contribution in [0.3, 0.4) is 0 Å². The van der Waals surface area contributed by atoms with Crippen LogP contribution in [0.1, 0.15) is 168 Å². The zero-order valence-electron chi connectivity index (χ0n) is 28.9. The Hall–Kier alpha value is -0.810. The van der Waals surface area contributed by atoms with Crippen molar-refractivity contribution < 1.29 is 39.8 Å². The molecule has 0 aromatic carbocycles. The van der Waals surface area contributed by atoms with E-state index in [1.54, 1.807) is 0 Å². The highest BCUT2D eigenvalue weighted by molar-refractivity contribution is 5.76. The van der Waals surface area contributed by atoms with Crippen molar-refractivity contribution in [3.8, 4) is 0 Å². The van der Waals surface area contributed by atoms with Crippen LogP contribution in [0.25, 0.3) is 0 Å². The van der Waals surface area contributed by atoms with Crippen molar-refractivity contribution in [2.24, 2.45) is 0 Å². The molecule has 1 heterocycles. The summed E-state index contributed by atoms with van der Waals surface area (Å²) in [5, 5.41) is 53.9. The standard InChI is InChI=1S/C36H71NO8/c1-3-5-7-9-11-13-15-17-19-21-23-25-30(39)29(28-44-36-35(43)34(42)33(41)31(27-38)45-36)37-32(40)26-24-22-20-18-16-14-12-10-8-6-4-2/h29-31,33-36,38-39,41-43H,3-28H2,1-2H3,(H,37,40)/t29-,30-,31-,33+,34+,35-,36+/m1/s1. The van der Waals surface area contributed by atoms with Crippen LogP contribution in [0.15, 0.2) is 0 Å². The van der Waals surface area contributed by atoms with Crippen LogP contribution in [0.5, 0.6) is 0 Å². The molecular weight excluding hydrogens is 574 g/mol. The molecule has 1 fully saturated rings. The lowest BCUT2D eigenvalue weighted by Gasteiger charge is -2.40. The van der Waals surface area contributed by atoms with Crippen molar-refractivity contribution in [3.63, 3.8) is 0 Å². The third-order valence-electron chi connectivity index (χ3n) is 9.21. The molecule has 1 aliphatic heterocycles. The molecule has 0 aromatic rings. The molecule has 1 rings (SSSR count). The summed E-state index contributed by atoms with van der Waals surface area (Å²) in [6.45, 7) is 3.79. The molecule has 0 saturated carbocycles. The number of nitrogens with one attached hydrogen (secondary N) is 1. The van der Waals surface area contributed by atoms with E-state index in [2.05, 4.69) is 19.2 Å². The normalized spacial score (nSPS) is 23.2. The van der Waals surface area contributed by atoms with E-state index in [-0.39, 0.29) is 12.5 Å². The van der Waals surface area contributed by atoms with Crippen LogP contribution in [0.4, 0.5) is 0 Å². The molecule has 1 saturated heterocycles. The van der Waals surface area contributed by atoms with Crippen molar-refractivity contribution in [1.29, 1.82) is 0 Å². The fraction of sp³-hybridized carbons (Fsp3) is 0.972. The van der Waals surface area contributed by atoms with E-state index >= 15 is 0 Å². The van der Waals surface area contributed by atoms with E-state index in [0.717, 1.165) is 38.5 Å². The molecule has 0 radical (unpaired) electrons. The molecule has 0 aromatic heterocycles. The third-order valence-corrected chi connectivity index (χ3v) is 9.21. The van der Waals surface area contributed by atoms with Crippen LogP contribution in [-0.2, 0) is 14.3 Å². The highest BCUT2D eigenvalue weighted by Gasteiger charge is 2.44. The summed E-state index contributed by atoms with van der Waals surface area (Å²) in [4.78, 5) is 12.8. The van der Waals surface area contributed by atoms with E-state index in [4.69, 9.17) is 9.47 Å². The Balaban J connectivity index is 2.44. The largest absolute Gasteiger partial charge is 0.394 e. The Morgan fingerprint density at radius 3 is 1.58 bits per heavy atom. The predicted octanol–water partition coefficient (Wildman–Crippen LogP) is 6.05. The van der Waals surface area contributed by atoms with Crippen molar-refractivity contribution in [1.82, 2.24) is 5.32 Å². The number of ether oxygens (including phenoxy) is 2. The van der Waals surface area contributed by atoms with Gasteiger partial charge in [-0.1, -0.05) is 149 Å².